The molecule has 0 unspecified atom stereocenters. The van der Waals surface area contributed by atoms with E-state index in [9.17, 15) is 0 Å². The van der Waals surface area contributed by atoms with Gasteiger partial charge in [-0.15, -0.1) is 24.0 Å². The third-order valence-corrected chi connectivity index (χ3v) is 5.68. The maximum absolute atomic E-state index is 5.28. The summed E-state index contributed by atoms with van der Waals surface area (Å²) in [5.41, 5.74) is 2.94. The summed E-state index contributed by atoms with van der Waals surface area (Å²) in [5, 5.41) is 6.95. The molecule has 2 aliphatic rings. The molecule has 0 bridgehead atoms. The van der Waals surface area contributed by atoms with Crippen LogP contribution >= 0.6 is 24.0 Å². The van der Waals surface area contributed by atoms with Crippen LogP contribution in [0.25, 0.3) is 0 Å². The number of hydrogen-bond donors (Lipinski definition) is 2. The van der Waals surface area contributed by atoms with Crippen molar-refractivity contribution < 1.29 is 4.74 Å². The average molecular weight is 484 g/mol. The van der Waals surface area contributed by atoms with E-state index < -0.39 is 0 Å². The van der Waals surface area contributed by atoms with Gasteiger partial charge in [0.2, 0.25) is 0 Å². The Hall–Kier alpha value is -1.28. The number of ether oxygens (including phenoxy) is 1. The molecule has 3 rings (SSSR count). The van der Waals surface area contributed by atoms with Crippen molar-refractivity contribution in [3.05, 3.63) is 42.0 Å². The van der Waals surface area contributed by atoms with Crippen molar-refractivity contribution in [1.29, 1.82) is 0 Å². The van der Waals surface area contributed by atoms with E-state index in [2.05, 4.69) is 56.9 Å². The molecule has 0 radical (unpaired) electrons. The molecule has 0 amide bonds. The molecule has 2 N–H and O–H groups in total. The summed E-state index contributed by atoms with van der Waals surface area (Å²) in [5.74, 6) is 0.876. The van der Waals surface area contributed by atoms with Gasteiger partial charge in [-0.3, -0.25) is 4.99 Å². The van der Waals surface area contributed by atoms with E-state index in [0.29, 0.717) is 5.41 Å². The standard InChI is InChI=1S/C21H32N4O.HI/c1-22-20(24-17-21(10-5-11-21)12-15-26-2)23-16-18-6-8-19(9-7-18)25-13-3-4-14-25;/h3-4,6-9H,5,10-17H2,1-2H3,(H2,22,23,24);1H. The van der Waals surface area contributed by atoms with Crippen LogP contribution in [0.3, 0.4) is 0 Å². The number of methoxy groups -OCH3 is 1. The van der Waals surface area contributed by atoms with Gasteiger partial charge < -0.3 is 20.3 Å². The highest BCUT2D eigenvalue weighted by atomic mass is 127. The molecule has 5 nitrogen and oxygen atoms in total. The molecule has 0 atom stereocenters. The normalized spacial score (nSPS) is 18.0. The molecule has 1 aromatic carbocycles. The van der Waals surface area contributed by atoms with Gasteiger partial charge in [-0.2, -0.15) is 0 Å². The van der Waals surface area contributed by atoms with Crippen LogP contribution in [0.15, 0.2) is 41.4 Å². The van der Waals surface area contributed by atoms with E-state index in [4.69, 9.17) is 4.74 Å². The number of benzene rings is 1. The second kappa shape index (κ2) is 10.9. The van der Waals surface area contributed by atoms with E-state index in [1.165, 1.54) is 30.5 Å². The first-order valence-electron chi connectivity index (χ1n) is 9.67. The zero-order valence-corrected chi connectivity index (χ0v) is 18.9. The summed E-state index contributed by atoms with van der Waals surface area (Å²) in [4.78, 5) is 6.73. The van der Waals surface area contributed by atoms with E-state index in [1.807, 2.05) is 7.05 Å². The zero-order valence-electron chi connectivity index (χ0n) is 16.5. The predicted octanol–water partition coefficient (Wildman–Crippen LogP) is 3.55. The second-order valence-electron chi connectivity index (χ2n) is 7.42. The molecule has 1 fully saturated rings. The summed E-state index contributed by atoms with van der Waals surface area (Å²) in [6.07, 6.45) is 9.45. The third kappa shape index (κ3) is 6.10. The van der Waals surface area contributed by atoms with Crippen LogP contribution in [-0.4, -0.2) is 46.4 Å². The lowest BCUT2D eigenvalue weighted by atomic mass is 9.67. The van der Waals surface area contributed by atoms with Crippen LogP contribution in [-0.2, 0) is 11.3 Å². The Morgan fingerprint density at radius 3 is 2.41 bits per heavy atom. The van der Waals surface area contributed by atoms with Gasteiger partial charge in [-0.1, -0.05) is 30.7 Å². The van der Waals surface area contributed by atoms with E-state index >= 15 is 0 Å². The highest BCUT2D eigenvalue weighted by molar-refractivity contribution is 14.0. The first-order chi connectivity index (χ1) is 12.7. The van der Waals surface area contributed by atoms with E-state index in [-0.39, 0.29) is 24.0 Å². The smallest absolute Gasteiger partial charge is 0.191 e. The summed E-state index contributed by atoms with van der Waals surface area (Å²) >= 11 is 0. The van der Waals surface area contributed by atoms with Crippen LogP contribution < -0.4 is 15.5 Å². The monoisotopic (exact) mass is 484 g/mol. The Kier molecular flexibility index (Phi) is 8.89. The molecule has 0 spiro atoms. The highest BCUT2D eigenvalue weighted by Crippen LogP contribution is 2.43. The first-order valence-corrected chi connectivity index (χ1v) is 9.67. The van der Waals surface area contributed by atoms with E-state index in [0.717, 1.165) is 45.2 Å². The Balaban J connectivity index is 0.00000261. The topological polar surface area (TPSA) is 48.9 Å². The Morgan fingerprint density at radius 1 is 1.15 bits per heavy atom. The third-order valence-electron chi connectivity index (χ3n) is 5.68. The number of guanidine groups is 1. The van der Waals surface area contributed by atoms with Crippen molar-refractivity contribution in [2.75, 3.05) is 45.3 Å². The fraction of sp³-hybridized carbons (Fsp3) is 0.571. The second-order valence-corrected chi connectivity index (χ2v) is 7.42. The Morgan fingerprint density at radius 2 is 1.85 bits per heavy atom. The minimum absolute atomic E-state index is 0. The maximum Gasteiger partial charge on any atom is 0.191 e. The molecule has 1 aliphatic carbocycles. The summed E-state index contributed by atoms with van der Waals surface area (Å²) in [6, 6.07) is 8.79. The SMILES string of the molecule is CN=C(NCc1ccc(N2CC=CC2)cc1)NCC1(CCOC)CCC1.I. The van der Waals surface area contributed by atoms with Crippen LogP contribution in [0, 0.1) is 5.41 Å². The van der Waals surface area contributed by atoms with Crippen LogP contribution in [0.2, 0.25) is 0 Å². The number of rotatable bonds is 8. The van der Waals surface area contributed by atoms with E-state index in [1.54, 1.807) is 7.11 Å². The van der Waals surface area contributed by atoms with Gasteiger partial charge in [0, 0.05) is 52.6 Å². The molecule has 1 saturated carbocycles. The van der Waals surface area contributed by atoms with Gasteiger partial charge >= 0.3 is 0 Å². The summed E-state index contributed by atoms with van der Waals surface area (Å²) in [7, 11) is 3.62. The molecule has 6 heteroatoms. The number of nitrogens with one attached hydrogen (secondary N) is 2. The molecule has 1 aromatic rings. The Bertz CT molecular complexity index is 618. The predicted molar refractivity (Wildman–Crippen MR) is 124 cm³/mol. The van der Waals surface area contributed by atoms with Crippen molar-refractivity contribution in [1.82, 2.24) is 10.6 Å². The number of aliphatic imine (C=N–C) groups is 1. The van der Waals surface area contributed by atoms with Gasteiger partial charge in [-0.25, -0.2) is 0 Å². The van der Waals surface area contributed by atoms with Gasteiger partial charge in [-0.05, 0) is 42.4 Å². The molecular weight excluding hydrogens is 451 g/mol. The molecule has 1 heterocycles. The average Bonchev–Trinajstić information content (AvgIpc) is 3.18. The van der Waals surface area contributed by atoms with Crippen molar-refractivity contribution >= 4 is 35.6 Å². The quantitative estimate of drug-likeness (QED) is 0.257. The molecule has 0 aromatic heterocycles. The molecule has 27 heavy (non-hydrogen) atoms. The highest BCUT2D eigenvalue weighted by Gasteiger charge is 2.36. The summed E-state index contributed by atoms with van der Waals surface area (Å²) in [6.45, 7) is 4.62. The summed E-state index contributed by atoms with van der Waals surface area (Å²) < 4.78 is 5.28. The lowest BCUT2D eigenvalue weighted by molar-refractivity contribution is 0.0732. The largest absolute Gasteiger partial charge is 0.385 e. The molecule has 150 valence electrons. The molecule has 1 aliphatic heterocycles. The number of halogens is 1. The number of hydrogen-bond acceptors (Lipinski definition) is 3. The zero-order chi connectivity index (χ0) is 18.2. The fourth-order valence-electron chi connectivity index (χ4n) is 3.70. The van der Waals surface area contributed by atoms with Crippen LogP contribution in [0.5, 0.6) is 0 Å². The maximum atomic E-state index is 5.28. The van der Waals surface area contributed by atoms with Gasteiger partial charge in [0.25, 0.3) is 0 Å². The van der Waals surface area contributed by atoms with Crippen molar-refractivity contribution in [2.24, 2.45) is 10.4 Å². The number of anilines is 1. The minimum atomic E-state index is 0. The van der Waals surface area contributed by atoms with Crippen LogP contribution in [0.1, 0.15) is 31.2 Å². The van der Waals surface area contributed by atoms with Crippen LogP contribution in [0.4, 0.5) is 5.69 Å². The van der Waals surface area contributed by atoms with Gasteiger partial charge in [0.05, 0.1) is 0 Å². The lowest BCUT2D eigenvalue weighted by Gasteiger charge is -2.42. The molecule has 0 saturated heterocycles. The number of nitrogens with zero attached hydrogens (tertiary/aromatic N) is 2. The van der Waals surface area contributed by atoms with Gasteiger partial charge in [0.15, 0.2) is 5.96 Å². The lowest BCUT2D eigenvalue weighted by Crippen LogP contribution is -2.46. The molecular formula is C21H33IN4O. The van der Waals surface area contributed by atoms with Crippen molar-refractivity contribution in [2.45, 2.75) is 32.2 Å². The fourth-order valence-corrected chi connectivity index (χ4v) is 3.70. The van der Waals surface area contributed by atoms with Gasteiger partial charge in [0.1, 0.15) is 0 Å². The van der Waals surface area contributed by atoms with Crippen molar-refractivity contribution in [3.8, 4) is 0 Å². The van der Waals surface area contributed by atoms with Crippen molar-refractivity contribution in [3.63, 3.8) is 0 Å². The first kappa shape index (κ1) is 22.0. The Labute approximate surface area is 180 Å². The minimum Gasteiger partial charge on any atom is -0.385 e.